The van der Waals surface area contributed by atoms with Crippen LogP contribution in [0.1, 0.15) is 52.9 Å². The number of carbonyl (C=O) groups is 2. The zero-order chi connectivity index (χ0) is 18.2. The Morgan fingerprint density at radius 3 is 2.50 bits per heavy atom. The van der Waals surface area contributed by atoms with Crippen molar-refractivity contribution in [2.24, 2.45) is 28.6 Å². The van der Waals surface area contributed by atoms with Gasteiger partial charge in [-0.3, -0.25) is 9.59 Å². The Hall–Kier alpha value is -1.30. The van der Waals surface area contributed by atoms with Gasteiger partial charge in [0, 0.05) is 23.2 Å². The molecule has 0 aromatic carbocycles. The molecule has 0 aromatic rings. The molecule has 4 N–H and O–H groups in total. The Bertz CT molecular complexity index is 705. The van der Waals surface area contributed by atoms with E-state index in [1.54, 1.807) is 19.1 Å². The molecule has 4 rings (SSSR count). The molecule has 0 aromatic heterocycles. The van der Waals surface area contributed by atoms with Gasteiger partial charge >= 0.3 is 0 Å². The first-order valence-electron chi connectivity index (χ1n) is 9.49. The Labute approximate surface area is 154 Å². The second-order valence-electron chi connectivity index (χ2n) is 9.25. The van der Waals surface area contributed by atoms with Crippen molar-refractivity contribution in [2.75, 3.05) is 0 Å². The normalized spacial score (nSPS) is 50.1. The maximum absolute atomic E-state index is 12.4. The molecule has 0 amide bonds. The van der Waals surface area contributed by atoms with Gasteiger partial charge in [-0.2, -0.15) is 0 Å². The molecule has 0 radical (unpaired) electrons. The average molecular weight is 362 g/mol. The molecule has 144 valence electrons. The molecular formula is C21H30O5. The molecule has 4 aliphatic rings. The van der Waals surface area contributed by atoms with Crippen LogP contribution in [0.15, 0.2) is 23.8 Å². The number of hydrogen-bond donors (Lipinski definition) is 2. The van der Waals surface area contributed by atoms with E-state index in [4.69, 9.17) is 0 Å². The molecule has 7 atom stereocenters. The van der Waals surface area contributed by atoms with E-state index in [1.807, 2.05) is 13.0 Å². The SMILES string of the molecule is C[C@]12C=CC(=O)C=C1CC[C@@H]1[C@@H]2[C@@H](O)C[C@@]2(C)[C@H]1CCC(=O)[C@@]2(C)O.O. The highest BCUT2D eigenvalue weighted by atomic mass is 16.3. The van der Waals surface area contributed by atoms with Crippen molar-refractivity contribution in [1.29, 1.82) is 0 Å². The summed E-state index contributed by atoms with van der Waals surface area (Å²) >= 11 is 0. The summed E-state index contributed by atoms with van der Waals surface area (Å²) < 4.78 is 0. The van der Waals surface area contributed by atoms with Crippen molar-refractivity contribution >= 4 is 11.6 Å². The van der Waals surface area contributed by atoms with Crippen LogP contribution in [0.3, 0.4) is 0 Å². The number of fused-ring (bicyclic) bond motifs is 5. The minimum Gasteiger partial charge on any atom is -0.412 e. The fraction of sp³-hybridized carbons (Fsp3) is 0.714. The predicted octanol–water partition coefficient (Wildman–Crippen LogP) is 1.76. The van der Waals surface area contributed by atoms with E-state index < -0.39 is 17.1 Å². The number of allylic oxidation sites excluding steroid dienone is 4. The number of rotatable bonds is 0. The van der Waals surface area contributed by atoms with E-state index in [0.717, 1.165) is 24.8 Å². The molecule has 4 aliphatic carbocycles. The summed E-state index contributed by atoms with van der Waals surface area (Å²) in [5.74, 6) is 0.459. The average Bonchev–Trinajstić information content (AvgIpc) is 2.52. The number of hydrogen-bond acceptors (Lipinski definition) is 4. The van der Waals surface area contributed by atoms with Crippen LogP contribution in [0.4, 0.5) is 0 Å². The van der Waals surface area contributed by atoms with E-state index in [0.29, 0.717) is 12.8 Å². The van der Waals surface area contributed by atoms with E-state index in [-0.39, 0.29) is 40.2 Å². The van der Waals surface area contributed by atoms with Crippen molar-refractivity contribution in [3.05, 3.63) is 23.8 Å². The van der Waals surface area contributed by atoms with Crippen LogP contribution in [-0.2, 0) is 9.59 Å². The summed E-state index contributed by atoms with van der Waals surface area (Å²) in [4.78, 5) is 24.2. The molecule has 0 spiro atoms. The third-order valence-corrected chi connectivity index (χ3v) is 8.22. The first-order chi connectivity index (χ1) is 11.6. The highest BCUT2D eigenvalue weighted by Gasteiger charge is 2.65. The van der Waals surface area contributed by atoms with Crippen LogP contribution in [0.25, 0.3) is 0 Å². The molecule has 0 saturated heterocycles. The minimum absolute atomic E-state index is 0. The van der Waals surface area contributed by atoms with Gasteiger partial charge in [-0.25, -0.2) is 0 Å². The number of Topliss-reactive ketones (excluding diaryl/α,β-unsaturated/α-hetero) is 1. The molecule has 0 aliphatic heterocycles. The van der Waals surface area contributed by atoms with Crippen molar-refractivity contribution in [3.8, 4) is 0 Å². The smallest absolute Gasteiger partial charge is 0.178 e. The van der Waals surface area contributed by atoms with Crippen LogP contribution in [0.5, 0.6) is 0 Å². The Morgan fingerprint density at radius 1 is 1.12 bits per heavy atom. The molecule has 5 nitrogen and oxygen atoms in total. The topological polar surface area (TPSA) is 106 Å². The molecule has 3 saturated carbocycles. The van der Waals surface area contributed by atoms with Crippen molar-refractivity contribution in [1.82, 2.24) is 0 Å². The fourth-order valence-corrected chi connectivity index (χ4v) is 6.61. The molecular weight excluding hydrogens is 332 g/mol. The zero-order valence-electron chi connectivity index (χ0n) is 15.8. The number of carbonyl (C=O) groups excluding carboxylic acids is 2. The lowest BCUT2D eigenvalue weighted by Gasteiger charge is -2.63. The second-order valence-corrected chi connectivity index (χ2v) is 9.25. The number of ketones is 2. The number of aliphatic hydroxyl groups excluding tert-OH is 1. The fourth-order valence-electron chi connectivity index (χ4n) is 6.61. The van der Waals surface area contributed by atoms with E-state index in [2.05, 4.69) is 6.92 Å². The maximum Gasteiger partial charge on any atom is 0.178 e. The third kappa shape index (κ3) is 2.26. The van der Waals surface area contributed by atoms with Crippen LogP contribution in [0.2, 0.25) is 0 Å². The van der Waals surface area contributed by atoms with Crippen LogP contribution in [0, 0.1) is 28.6 Å². The van der Waals surface area contributed by atoms with Crippen LogP contribution in [-0.4, -0.2) is 39.0 Å². The maximum atomic E-state index is 12.4. The summed E-state index contributed by atoms with van der Waals surface area (Å²) in [5.41, 5.74) is -1.14. The molecule has 0 unspecified atom stereocenters. The van der Waals surface area contributed by atoms with Gasteiger partial charge in [0.25, 0.3) is 0 Å². The highest BCUT2D eigenvalue weighted by molar-refractivity contribution is 6.01. The summed E-state index contributed by atoms with van der Waals surface area (Å²) in [5, 5.41) is 22.1. The Morgan fingerprint density at radius 2 is 1.81 bits per heavy atom. The van der Waals surface area contributed by atoms with Gasteiger partial charge in [0.1, 0.15) is 5.60 Å². The summed E-state index contributed by atoms with van der Waals surface area (Å²) in [6, 6.07) is 0. The van der Waals surface area contributed by atoms with Gasteiger partial charge in [0.2, 0.25) is 0 Å². The van der Waals surface area contributed by atoms with E-state index in [9.17, 15) is 19.8 Å². The molecule has 3 fully saturated rings. The lowest BCUT2D eigenvalue weighted by molar-refractivity contribution is -0.206. The molecule has 0 heterocycles. The van der Waals surface area contributed by atoms with Gasteiger partial charge in [-0.1, -0.05) is 25.5 Å². The van der Waals surface area contributed by atoms with Crippen molar-refractivity contribution in [3.63, 3.8) is 0 Å². The second kappa shape index (κ2) is 5.85. The van der Waals surface area contributed by atoms with Gasteiger partial charge in [-0.15, -0.1) is 0 Å². The van der Waals surface area contributed by atoms with Gasteiger partial charge in [-0.05, 0) is 56.6 Å². The largest absolute Gasteiger partial charge is 0.412 e. The molecule has 26 heavy (non-hydrogen) atoms. The van der Waals surface area contributed by atoms with E-state index in [1.165, 1.54) is 0 Å². The van der Waals surface area contributed by atoms with Crippen molar-refractivity contribution < 1.29 is 25.3 Å². The third-order valence-electron chi connectivity index (χ3n) is 8.22. The lowest BCUT2D eigenvalue weighted by Crippen LogP contribution is -2.66. The Balaban J connectivity index is 0.00000196. The highest BCUT2D eigenvalue weighted by Crippen LogP contribution is 2.64. The van der Waals surface area contributed by atoms with Crippen LogP contribution < -0.4 is 0 Å². The lowest BCUT2D eigenvalue weighted by atomic mass is 9.42. The standard InChI is InChI=1S/C21H28O4.H2O/c1-19-9-8-13(22)10-12(19)4-5-14-15-6-7-17(24)21(3,25)20(15,2)11-16(23)18(14)19;/h8-10,14-16,18,23,25H,4-7,11H2,1-3H3;1H2/t14-,15-,16-,18+,19-,20-,21+;/m0./s1. The first-order valence-corrected chi connectivity index (χ1v) is 9.49. The number of aliphatic hydroxyl groups is 2. The Kier molecular flexibility index (Phi) is 4.38. The summed E-state index contributed by atoms with van der Waals surface area (Å²) in [6.07, 6.45) is 8.18. The monoisotopic (exact) mass is 362 g/mol. The van der Waals surface area contributed by atoms with Gasteiger partial charge in [0.05, 0.1) is 6.10 Å². The zero-order valence-corrected chi connectivity index (χ0v) is 15.8. The van der Waals surface area contributed by atoms with Crippen LogP contribution >= 0.6 is 0 Å². The summed E-state index contributed by atoms with van der Waals surface area (Å²) in [7, 11) is 0. The molecule has 0 bridgehead atoms. The molecule has 5 heteroatoms. The van der Waals surface area contributed by atoms with E-state index >= 15 is 0 Å². The quantitative estimate of drug-likeness (QED) is 0.685. The minimum atomic E-state index is -1.38. The van der Waals surface area contributed by atoms with Crippen molar-refractivity contribution in [2.45, 2.75) is 64.6 Å². The first kappa shape index (κ1) is 19.5. The van der Waals surface area contributed by atoms with Gasteiger partial charge in [0.15, 0.2) is 11.6 Å². The predicted molar refractivity (Wildman–Crippen MR) is 97.3 cm³/mol. The van der Waals surface area contributed by atoms with Gasteiger partial charge < -0.3 is 15.7 Å². The summed E-state index contributed by atoms with van der Waals surface area (Å²) in [6.45, 7) is 5.77.